The Kier molecular flexibility index (Phi) is 7.60. The van der Waals surface area contributed by atoms with Crippen LogP contribution in [0.3, 0.4) is 0 Å². The molecule has 1 heterocycles. The van der Waals surface area contributed by atoms with Crippen molar-refractivity contribution in [3.05, 3.63) is 35.9 Å². The number of hydrogen-bond acceptors (Lipinski definition) is 2. The molecule has 1 saturated heterocycles. The fourth-order valence-electron chi connectivity index (χ4n) is 3.65. The molecule has 3 nitrogen and oxygen atoms in total. The average Bonchev–Trinajstić information content (AvgIpc) is 2.57. The molecular formula is C20H31NO2. The molecule has 1 aliphatic heterocycles. The summed E-state index contributed by atoms with van der Waals surface area (Å²) in [4.78, 5) is 11.9. The highest BCUT2D eigenvalue weighted by molar-refractivity contribution is 5.76. The summed E-state index contributed by atoms with van der Waals surface area (Å²) >= 11 is 0. The maximum absolute atomic E-state index is 11.9. The first kappa shape index (κ1) is 18.0. The molecule has 0 radical (unpaired) electrons. The highest BCUT2D eigenvalue weighted by Gasteiger charge is 2.33. The smallest absolute Gasteiger partial charge is 0.246 e. The van der Waals surface area contributed by atoms with E-state index in [1.165, 1.54) is 50.5 Å². The highest BCUT2D eigenvalue weighted by atomic mass is 16.5. The van der Waals surface area contributed by atoms with E-state index in [0.29, 0.717) is 18.9 Å². The predicted octanol–water partition coefficient (Wildman–Crippen LogP) is 5.15. The molecule has 1 N–H and O–H groups in total. The Balaban J connectivity index is 1.83. The number of benzene rings is 1. The third-order valence-corrected chi connectivity index (χ3v) is 5.07. The fourth-order valence-corrected chi connectivity index (χ4v) is 3.65. The predicted molar refractivity (Wildman–Crippen MR) is 93.4 cm³/mol. The molecule has 1 aromatic rings. The van der Waals surface area contributed by atoms with Crippen LogP contribution in [-0.2, 0) is 4.79 Å². The van der Waals surface area contributed by atoms with Crippen LogP contribution in [0.15, 0.2) is 30.3 Å². The van der Waals surface area contributed by atoms with Gasteiger partial charge in [0.2, 0.25) is 5.91 Å². The number of rotatable bonds is 9. The minimum absolute atomic E-state index is 0.120. The van der Waals surface area contributed by atoms with Crippen molar-refractivity contribution in [1.82, 2.24) is 5.06 Å². The van der Waals surface area contributed by atoms with Gasteiger partial charge in [0.05, 0.1) is 6.54 Å². The molecule has 1 amide bonds. The Morgan fingerprint density at radius 3 is 2.39 bits per heavy atom. The van der Waals surface area contributed by atoms with E-state index in [1.807, 2.05) is 18.2 Å². The summed E-state index contributed by atoms with van der Waals surface area (Å²) in [6, 6.07) is 10.3. The lowest BCUT2D eigenvalue weighted by molar-refractivity contribution is -0.174. The minimum Gasteiger partial charge on any atom is -0.286 e. The minimum atomic E-state index is -0.120. The quantitative estimate of drug-likeness (QED) is 0.505. The van der Waals surface area contributed by atoms with Gasteiger partial charge in [-0.2, -0.15) is 0 Å². The largest absolute Gasteiger partial charge is 0.286 e. The molecule has 2 rings (SSSR count). The highest BCUT2D eigenvalue weighted by Crippen LogP contribution is 2.35. The maximum Gasteiger partial charge on any atom is 0.246 e. The normalized spacial score (nSPS) is 21.7. The number of nitrogens with zero attached hydrogens (tertiary/aromatic N) is 1. The maximum atomic E-state index is 11.9. The summed E-state index contributed by atoms with van der Waals surface area (Å²) in [6.07, 6.45) is 10.7. The second-order valence-corrected chi connectivity index (χ2v) is 6.87. The van der Waals surface area contributed by atoms with E-state index in [1.54, 1.807) is 0 Å². The Morgan fingerprint density at radius 1 is 1.04 bits per heavy atom. The van der Waals surface area contributed by atoms with Gasteiger partial charge in [0.25, 0.3) is 0 Å². The van der Waals surface area contributed by atoms with E-state index in [4.69, 9.17) is 0 Å². The molecule has 1 aliphatic rings. The van der Waals surface area contributed by atoms with E-state index >= 15 is 0 Å². The lowest BCUT2D eigenvalue weighted by atomic mass is 9.78. The third kappa shape index (κ3) is 5.65. The van der Waals surface area contributed by atoms with Crippen molar-refractivity contribution in [3.8, 4) is 0 Å². The van der Waals surface area contributed by atoms with Gasteiger partial charge in [-0.15, -0.1) is 0 Å². The fraction of sp³-hybridized carbons (Fsp3) is 0.650. The van der Waals surface area contributed by atoms with Gasteiger partial charge in [-0.25, -0.2) is 5.06 Å². The van der Waals surface area contributed by atoms with Gasteiger partial charge in [0.15, 0.2) is 0 Å². The number of carbonyl (C=O) groups excluding carboxylic acids is 1. The zero-order chi connectivity index (χ0) is 16.5. The first-order valence-corrected chi connectivity index (χ1v) is 9.26. The van der Waals surface area contributed by atoms with E-state index in [-0.39, 0.29) is 11.8 Å². The number of amides is 1. The van der Waals surface area contributed by atoms with Crippen LogP contribution in [0.2, 0.25) is 0 Å². The number of hydrogen-bond donors (Lipinski definition) is 1. The average molecular weight is 317 g/mol. The molecule has 1 fully saturated rings. The monoisotopic (exact) mass is 317 g/mol. The molecule has 0 aromatic heterocycles. The SMILES string of the molecule is CCCCCCCCC[C@@H]1CC(=O)N(O)C[C@H]1c1ccccc1. The molecule has 0 saturated carbocycles. The van der Waals surface area contributed by atoms with Crippen LogP contribution in [0.5, 0.6) is 0 Å². The first-order chi connectivity index (χ1) is 11.2. The topological polar surface area (TPSA) is 40.5 Å². The van der Waals surface area contributed by atoms with Crippen LogP contribution < -0.4 is 0 Å². The van der Waals surface area contributed by atoms with Crippen LogP contribution in [0.1, 0.15) is 76.2 Å². The summed E-state index contributed by atoms with van der Waals surface area (Å²) < 4.78 is 0. The van der Waals surface area contributed by atoms with E-state index < -0.39 is 0 Å². The van der Waals surface area contributed by atoms with Crippen LogP contribution in [0.25, 0.3) is 0 Å². The van der Waals surface area contributed by atoms with Crippen molar-refractivity contribution >= 4 is 5.91 Å². The summed E-state index contributed by atoms with van der Waals surface area (Å²) in [7, 11) is 0. The molecule has 2 atom stereocenters. The molecule has 128 valence electrons. The summed E-state index contributed by atoms with van der Waals surface area (Å²) in [5.41, 5.74) is 1.24. The van der Waals surface area contributed by atoms with E-state index in [9.17, 15) is 10.0 Å². The standard InChI is InChI=1S/C20H31NO2/c1-2-3-4-5-6-7-9-14-18-15-20(22)21(23)16-19(18)17-12-10-8-11-13-17/h8,10-13,18-19,23H,2-7,9,14-16H2,1H3/t18-,19+/m1/s1. The Hall–Kier alpha value is -1.35. The van der Waals surface area contributed by atoms with Gasteiger partial charge in [-0.05, 0) is 17.9 Å². The summed E-state index contributed by atoms with van der Waals surface area (Å²) in [5, 5.41) is 10.7. The Morgan fingerprint density at radius 2 is 1.70 bits per heavy atom. The molecule has 3 heteroatoms. The zero-order valence-electron chi connectivity index (χ0n) is 14.4. The summed E-state index contributed by atoms with van der Waals surface area (Å²) in [5.74, 6) is 0.507. The van der Waals surface area contributed by atoms with E-state index in [2.05, 4.69) is 19.1 Å². The number of unbranched alkanes of at least 4 members (excludes halogenated alkanes) is 6. The van der Waals surface area contributed by atoms with Crippen LogP contribution in [0, 0.1) is 5.92 Å². The van der Waals surface area contributed by atoms with Gasteiger partial charge in [-0.3, -0.25) is 10.0 Å². The molecule has 0 unspecified atom stereocenters. The number of hydroxylamine groups is 2. The van der Waals surface area contributed by atoms with Crippen LogP contribution in [-0.4, -0.2) is 22.7 Å². The second kappa shape index (κ2) is 9.71. The molecule has 0 bridgehead atoms. The lowest BCUT2D eigenvalue weighted by Crippen LogP contribution is -2.41. The summed E-state index contributed by atoms with van der Waals surface area (Å²) in [6.45, 7) is 2.68. The first-order valence-electron chi connectivity index (χ1n) is 9.26. The van der Waals surface area contributed by atoms with E-state index in [0.717, 1.165) is 11.5 Å². The van der Waals surface area contributed by atoms with Gasteiger partial charge in [-0.1, -0.05) is 82.2 Å². The molecule has 0 aliphatic carbocycles. The van der Waals surface area contributed by atoms with Gasteiger partial charge >= 0.3 is 0 Å². The van der Waals surface area contributed by atoms with Crippen molar-refractivity contribution in [2.45, 2.75) is 70.6 Å². The van der Waals surface area contributed by atoms with Crippen molar-refractivity contribution in [2.24, 2.45) is 5.92 Å². The lowest BCUT2D eigenvalue weighted by Gasteiger charge is -2.35. The van der Waals surface area contributed by atoms with Gasteiger partial charge in [0, 0.05) is 12.3 Å². The van der Waals surface area contributed by atoms with Gasteiger partial charge < -0.3 is 0 Å². The van der Waals surface area contributed by atoms with Crippen LogP contribution >= 0.6 is 0 Å². The number of carbonyl (C=O) groups is 1. The molecule has 1 aromatic carbocycles. The molecule has 0 spiro atoms. The van der Waals surface area contributed by atoms with Crippen molar-refractivity contribution in [1.29, 1.82) is 0 Å². The zero-order valence-corrected chi connectivity index (χ0v) is 14.4. The Labute approximate surface area is 140 Å². The second-order valence-electron chi connectivity index (χ2n) is 6.87. The number of piperidine rings is 1. The van der Waals surface area contributed by atoms with Crippen LogP contribution in [0.4, 0.5) is 0 Å². The van der Waals surface area contributed by atoms with Gasteiger partial charge in [0.1, 0.15) is 0 Å². The third-order valence-electron chi connectivity index (χ3n) is 5.07. The molecular weight excluding hydrogens is 286 g/mol. The Bertz CT molecular complexity index is 460. The van der Waals surface area contributed by atoms with Crippen molar-refractivity contribution < 1.29 is 10.0 Å². The van der Waals surface area contributed by atoms with Crippen molar-refractivity contribution in [3.63, 3.8) is 0 Å². The van der Waals surface area contributed by atoms with Crippen molar-refractivity contribution in [2.75, 3.05) is 6.54 Å². The molecule has 23 heavy (non-hydrogen) atoms.